The van der Waals surface area contributed by atoms with Crippen LogP contribution in [0.25, 0.3) is 6.08 Å². The minimum Gasteiger partial charge on any atom is -0.503 e. The number of hydrogen-bond acceptors (Lipinski definition) is 4. The Morgan fingerprint density at radius 1 is 1.12 bits per heavy atom. The van der Waals surface area contributed by atoms with E-state index in [0.717, 1.165) is 6.08 Å². The highest BCUT2D eigenvalue weighted by atomic mass is 31.2. The highest BCUT2D eigenvalue weighted by Crippen LogP contribution is 2.25. The van der Waals surface area contributed by atoms with Crippen LogP contribution in [0.15, 0.2) is 12.6 Å². The van der Waals surface area contributed by atoms with E-state index >= 15 is 0 Å². The van der Waals surface area contributed by atoms with Crippen LogP contribution in [0, 0.1) is 17.5 Å². The van der Waals surface area contributed by atoms with Gasteiger partial charge in [0.05, 0.1) is 0 Å². The first-order valence-electron chi connectivity index (χ1n) is 3.66. The molecule has 0 radical (unpaired) electrons. The van der Waals surface area contributed by atoms with Gasteiger partial charge in [0, 0.05) is 5.56 Å². The average Bonchev–Trinajstić information content (AvgIpc) is 2.19. The molecular formula is C8H8F3O4P. The fourth-order valence-electron chi connectivity index (χ4n) is 0.752. The summed E-state index contributed by atoms with van der Waals surface area (Å²) in [5.74, 6) is -5.41. The molecule has 0 aliphatic heterocycles. The third-order valence-electron chi connectivity index (χ3n) is 1.38. The van der Waals surface area contributed by atoms with Crippen molar-refractivity contribution in [2.24, 2.45) is 0 Å². The molecular weight excluding hydrogens is 248 g/mol. The van der Waals surface area contributed by atoms with E-state index in [-0.39, 0.29) is 5.56 Å². The maximum atomic E-state index is 12.7. The van der Waals surface area contributed by atoms with Gasteiger partial charge in [0.25, 0.3) is 0 Å². The van der Waals surface area contributed by atoms with Crippen molar-refractivity contribution in [2.75, 3.05) is 0 Å². The maximum absolute atomic E-state index is 12.7. The first-order valence-corrected chi connectivity index (χ1v) is 4.86. The topological polar surface area (TPSA) is 80.9 Å². The fraction of sp³-hybridized carbons (Fsp3) is 0. The molecule has 4 nitrogen and oxygen atoms in total. The molecule has 1 aromatic carbocycles. The van der Waals surface area contributed by atoms with Gasteiger partial charge in [-0.05, 0) is 6.07 Å². The lowest BCUT2D eigenvalue weighted by molar-refractivity contribution is 0.368. The predicted molar refractivity (Wildman–Crippen MR) is 51.6 cm³/mol. The van der Waals surface area contributed by atoms with Gasteiger partial charge in [-0.15, -0.1) is 0 Å². The van der Waals surface area contributed by atoms with Crippen LogP contribution in [0.1, 0.15) is 5.56 Å². The molecule has 0 heterocycles. The molecule has 90 valence electrons. The molecule has 0 bridgehead atoms. The third-order valence-corrected chi connectivity index (χ3v) is 1.38. The Hall–Kier alpha value is -1.14. The summed E-state index contributed by atoms with van der Waals surface area (Å²) in [6, 6.07) is 0.667. The molecule has 1 aromatic rings. The van der Waals surface area contributed by atoms with Gasteiger partial charge in [-0.1, -0.05) is 12.7 Å². The summed E-state index contributed by atoms with van der Waals surface area (Å²) in [4.78, 5) is 21.7. The number of hydrogen-bond donors (Lipinski definition) is 4. The first kappa shape index (κ1) is 14.9. The molecule has 0 aromatic heterocycles. The van der Waals surface area contributed by atoms with E-state index in [9.17, 15) is 13.2 Å². The molecule has 0 unspecified atom stereocenters. The molecule has 0 amide bonds. The van der Waals surface area contributed by atoms with E-state index in [4.69, 9.17) is 19.8 Å². The Balaban J connectivity index is 0.000000487. The van der Waals surface area contributed by atoms with Crippen molar-refractivity contribution in [3.05, 3.63) is 35.7 Å². The molecule has 4 N–H and O–H groups in total. The highest BCUT2D eigenvalue weighted by Gasteiger charge is 2.15. The zero-order chi connectivity index (χ0) is 12.9. The molecule has 0 aliphatic rings. The SMILES string of the molecule is C=Cc1cc(F)c(O)c(F)c1F.OP(O)O. The van der Waals surface area contributed by atoms with E-state index in [0.29, 0.717) is 6.07 Å². The summed E-state index contributed by atoms with van der Waals surface area (Å²) in [6.45, 7) is 3.15. The van der Waals surface area contributed by atoms with Crippen molar-refractivity contribution in [1.29, 1.82) is 0 Å². The maximum Gasteiger partial charge on any atom is 0.324 e. The predicted octanol–water partition coefficient (Wildman–Crippen LogP) is 1.64. The van der Waals surface area contributed by atoms with Crippen LogP contribution in [-0.2, 0) is 0 Å². The van der Waals surface area contributed by atoms with Crippen molar-refractivity contribution in [3.63, 3.8) is 0 Å². The standard InChI is InChI=1S/C8H5F3O.H3O3P/c1-2-4-3-5(9)8(12)7(11)6(4)10;1-4(2)3/h2-3,12H,1H2;1-3H. The highest BCUT2D eigenvalue weighted by molar-refractivity contribution is 7.38. The summed E-state index contributed by atoms with van der Waals surface area (Å²) in [5.41, 5.74) is -0.317. The van der Waals surface area contributed by atoms with E-state index in [1.807, 2.05) is 0 Å². The Morgan fingerprint density at radius 3 is 1.94 bits per heavy atom. The van der Waals surface area contributed by atoms with Gasteiger partial charge >= 0.3 is 8.60 Å². The third kappa shape index (κ3) is 4.16. The van der Waals surface area contributed by atoms with Crippen LogP contribution < -0.4 is 0 Å². The molecule has 8 heteroatoms. The monoisotopic (exact) mass is 256 g/mol. The quantitative estimate of drug-likeness (QED) is 0.455. The van der Waals surface area contributed by atoms with Crippen LogP contribution in [0.4, 0.5) is 13.2 Å². The van der Waals surface area contributed by atoms with Gasteiger partial charge in [-0.25, -0.2) is 8.78 Å². The van der Waals surface area contributed by atoms with Crippen LogP contribution in [0.2, 0.25) is 0 Å². The molecule has 0 aliphatic carbocycles. The Morgan fingerprint density at radius 2 is 1.56 bits per heavy atom. The minimum absolute atomic E-state index is 0.317. The summed E-state index contributed by atoms with van der Waals surface area (Å²) in [6.07, 6.45) is 0.959. The van der Waals surface area contributed by atoms with Crippen LogP contribution >= 0.6 is 8.60 Å². The zero-order valence-corrected chi connectivity index (χ0v) is 8.63. The van der Waals surface area contributed by atoms with E-state index in [1.54, 1.807) is 0 Å². The van der Waals surface area contributed by atoms with E-state index < -0.39 is 31.8 Å². The molecule has 16 heavy (non-hydrogen) atoms. The molecule has 0 spiro atoms. The van der Waals surface area contributed by atoms with E-state index in [1.165, 1.54) is 0 Å². The second-order valence-electron chi connectivity index (χ2n) is 2.40. The van der Waals surface area contributed by atoms with Crippen molar-refractivity contribution < 1.29 is 33.0 Å². The summed E-state index contributed by atoms with van der Waals surface area (Å²) >= 11 is 0. The average molecular weight is 256 g/mol. The number of phenolic OH excluding ortho intramolecular Hbond substituents is 1. The lowest BCUT2D eigenvalue weighted by atomic mass is 10.2. The normalized spacial score (nSPS) is 9.69. The number of halogens is 3. The summed E-state index contributed by atoms with van der Waals surface area (Å²) in [5, 5.41) is 8.58. The van der Waals surface area contributed by atoms with Gasteiger partial charge < -0.3 is 19.8 Å². The smallest absolute Gasteiger partial charge is 0.324 e. The molecule has 1 rings (SSSR count). The lowest BCUT2D eigenvalue weighted by Gasteiger charge is -2.01. The lowest BCUT2D eigenvalue weighted by Crippen LogP contribution is -1.92. The number of aromatic hydroxyl groups is 1. The molecule has 0 saturated carbocycles. The number of phenols is 1. The molecule has 0 saturated heterocycles. The van der Waals surface area contributed by atoms with Gasteiger partial charge in [0.15, 0.2) is 17.4 Å². The van der Waals surface area contributed by atoms with Gasteiger partial charge in [0.1, 0.15) is 0 Å². The Kier molecular flexibility index (Phi) is 5.98. The zero-order valence-electron chi connectivity index (χ0n) is 7.73. The second-order valence-corrected chi connectivity index (χ2v) is 2.93. The van der Waals surface area contributed by atoms with E-state index in [2.05, 4.69) is 6.58 Å². The van der Waals surface area contributed by atoms with Crippen LogP contribution in [0.3, 0.4) is 0 Å². The van der Waals surface area contributed by atoms with Crippen molar-refractivity contribution in [1.82, 2.24) is 0 Å². The van der Waals surface area contributed by atoms with Crippen LogP contribution in [-0.4, -0.2) is 19.8 Å². The van der Waals surface area contributed by atoms with Crippen molar-refractivity contribution >= 4 is 14.7 Å². The van der Waals surface area contributed by atoms with Crippen molar-refractivity contribution in [3.8, 4) is 5.75 Å². The van der Waals surface area contributed by atoms with Gasteiger partial charge in [-0.3, -0.25) is 0 Å². The first-order chi connectivity index (χ1) is 7.31. The second kappa shape index (κ2) is 6.44. The Bertz CT molecular complexity index is 381. The summed E-state index contributed by atoms with van der Waals surface area (Å²) in [7, 11) is -2.62. The minimum atomic E-state index is -2.62. The number of benzene rings is 1. The van der Waals surface area contributed by atoms with Crippen molar-refractivity contribution in [2.45, 2.75) is 0 Å². The number of rotatable bonds is 1. The Labute approximate surface area is 89.9 Å². The van der Waals surface area contributed by atoms with Crippen LogP contribution in [0.5, 0.6) is 5.75 Å². The van der Waals surface area contributed by atoms with Gasteiger partial charge in [-0.2, -0.15) is 4.39 Å². The molecule has 0 atom stereocenters. The largest absolute Gasteiger partial charge is 0.503 e. The summed E-state index contributed by atoms with van der Waals surface area (Å²) < 4.78 is 37.7. The fourth-order valence-corrected chi connectivity index (χ4v) is 0.752. The molecule has 0 fully saturated rings. The van der Waals surface area contributed by atoms with Gasteiger partial charge in [0.2, 0.25) is 5.82 Å².